The van der Waals surface area contributed by atoms with E-state index in [0.717, 1.165) is 6.42 Å². The molecule has 0 nitrogen and oxygen atoms in total. The monoisotopic (exact) mass is 158 g/mol. The highest BCUT2D eigenvalue weighted by atomic mass is 13.9. The molecule has 1 aromatic rings. The van der Waals surface area contributed by atoms with Gasteiger partial charge < -0.3 is 0 Å². The molecule has 62 valence electrons. The zero-order chi connectivity index (χ0) is 8.81. The predicted octanol–water partition coefficient (Wildman–Crippen LogP) is 3.45. The normalized spacial score (nSPS) is 10.4. The molecule has 0 bridgehead atoms. The van der Waals surface area contributed by atoms with E-state index in [4.69, 9.17) is 0 Å². The Morgan fingerprint density at radius 3 is 2.42 bits per heavy atom. The van der Waals surface area contributed by atoms with E-state index in [1.165, 1.54) is 11.1 Å². The van der Waals surface area contributed by atoms with Gasteiger partial charge in [0.25, 0.3) is 0 Å². The molecule has 0 saturated carbocycles. The summed E-state index contributed by atoms with van der Waals surface area (Å²) in [6.07, 6.45) is 7.01. The van der Waals surface area contributed by atoms with Crippen molar-refractivity contribution in [3.8, 4) is 0 Å². The third-order valence-corrected chi connectivity index (χ3v) is 1.72. The average Bonchev–Trinajstić information content (AvgIpc) is 2.09. The molecule has 0 fully saturated rings. The second kappa shape index (κ2) is 4.55. The van der Waals surface area contributed by atoms with Crippen molar-refractivity contribution in [3.63, 3.8) is 0 Å². The largest absolute Gasteiger partial charge is 0.103 e. The summed E-state index contributed by atoms with van der Waals surface area (Å²) in [4.78, 5) is 0. The van der Waals surface area contributed by atoms with Crippen LogP contribution in [0, 0.1) is 0 Å². The Hall–Kier alpha value is -1.30. The van der Waals surface area contributed by atoms with Gasteiger partial charge in [-0.3, -0.25) is 0 Å². The lowest BCUT2D eigenvalue weighted by Gasteiger charge is -1.96. The molecule has 0 aromatic heterocycles. The second-order valence-corrected chi connectivity index (χ2v) is 2.73. The molecule has 0 aliphatic carbocycles. The van der Waals surface area contributed by atoms with Gasteiger partial charge in [-0.15, -0.1) is 6.58 Å². The SMILES string of the molecule is C=CCc1ccc(/C=C/C)cc1. The highest BCUT2D eigenvalue weighted by Gasteiger charge is 1.88. The molecule has 0 saturated heterocycles. The fraction of sp³-hybridized carbons (Fsp3) is 0.167. The molecular formula is C12H14. The minimum Gasteiger partial charge on any atom is -0.103 e. The molecule has 0 aliphatic rings. The van der Waals surface area contributed by atoms with E-state index < -0.39 is 0 Å². The zero-order valence-electron chi connectivity index (χ0n) is 7.46. The van der Waals surface area contributed by atoms with Gasteiger partial charge in [-0.25, -0.2) is 0 Å². The van der Waals surface area contributed by atoms with Crippen molar-refractivity contribution in [1.29, 1.82) is 0 Å². The lowest BCUT2D eigenvalue weighted by atomic mass is 10.1. The van der Waals surface area contributed by atoms with Gasteiger partial charge in [0.15, 0.2) is 0 Å². The van der Waals surface area contributed by atoms with Crippen LogP contribution in [-0.4, -0.2) is 0 Å². The molecule has 0 radical (unpaired) electrons. The Balaban J connectivity index is 2.77. The van der Waals surface area contributed by atoms with Crippen molar-refractivity contribution in [2.75, 3.05) is 0 Å². The maximum atomic E-state index is 3.70. The van der Waals surface area contributed by atoms with Crippen LogP contribution in [-0.2, 0) is 6.42 Å². The molecule has 0 N–H and O–H groups in total. The Labute approximate surface area is 74.2 Å². The molecule has 0 spiro atoms. The van der Waals surface area contributed by atoms with Gasteiger partial charge in [-0.05, 0) is 24.5 Å². The first kappa shape index (κ1) is 8.79. The van der Waals surface area contributed by atoms with E-state index in [9.17, 15) is 0 Å². The van der Waals surface area contributed by atoms with Gasteiger partial charge in [0.1, 0.15) is 0 Å². The number of benzene rings is 1. The highest BCUT2D eigenvalue weighted by Crippen LogP contribution is 2.06. The lowest BCUT2D eigenvalue weighted by molar-refractivity contribution is 1.28. The second-order valence-electron chi connectivity index (χ2n) is 2.73. The van der Waals surface area contributed by atoms with Crippen molar-refractivity contribution in [3.05, 3.63) is 54.1 Å². The first-order valence-electron chi connectivity index (χ1n) is 4.19. The van der Waals surface area contributed by atoms with E-state index in [2.05, 4.69) is 36.9 Å². The first-order valence-corrected chi connectivity index (χ1v) is 4.19. The predicted molar refractivity (Wildman–Crippen MR) is 55.1 cm³/mol. The smallest absolute Gasteiger partial charge is 0.0100 e. The van der Waals surface area contributed by atoms with Gasteiger partial charge in [0.05, 0.1) is 0 Å². The van der Waals surface area contributed by atoms with Crippen LogP contribution in [0.4, 0.5) is 0 Å². The minimum absolute atomic E-state index is 0.954. The minimum atomic E-state index is 0.954. The van der Waals surface area contributed by atoms with E-state index in [-0.39, 0.29) is 0 Å². The van der Waals surface area contributed by atoms with Crippen LogP contribution in [0.15, 0.2) is 43.0 Å². The molecule has 0 unspecified atom stereocenters. The quantitative estimate of drug-likeness (QED) is 0.591. The van der Waals surface area contributed by atoms with Gasteiger partial charge >= 0.3 is 0 Å². The molecule has 0 aliphatic heterocycles. The maximum Gasteiger partial charge on any atom is -0.0100 e. The number of hydrogen-bond acceptors (Lipinski definition) is 0. The summed E-state index contributed by atoms with van der Waals surface area (Å²) in [7, 11) is 0. The Bertz CT molecular complexity index is 265. The number of hydrogen-bond donors (Lipinski definition) is 0. The summed E-state index contributed by atoms with van der Waals surface area (Å²) in [6, 6.07) is 8.52. The molecule has 1 rings (SSSR count). The Kier molecular flexibility index (Phi) is 3.34. The summed E-state index contributed by atoms with van der Waals surface area (Å²) < 4.78 is 0. The summed E-state index contributed by atoms with van der Waals surface area (Å²) in [5, 5.41) is 0. The van der Waals surface area contributed by atoms with E-state index in [1.807, 2.05) is 19.1 Å². The number of rotatable bonds is 3. The summed E-state index contributed by atoms with van der Waals surface area (Å²) in [5.41, 5.74) is 2.57. The fourth-order valence-electron chi connectivity index (χ4n) is 1.12. The first-order chi connectivity index (χ1) is 5.86. The van der Waals surface area contributed by atoms with Crippen LogP contribution in [0.1, 0.15) is 18.1 Å². The van der Waals surface area contributed by atoms with Gasteiger partial charge in [-0.1, -0.05) is 42.5 Å². The summed E-state index contributed by atoms with van der Waals surface area (Å²) >= 11 is 0. The third kappa shape index (κ3) is 2.39. The van der Waals surface area contributed by atoms with E-state index in [0.29, 0.717) is 0 Å². The van der Waals surface area contributed by atoms with E-state index in [1.54, 1.807) is 0 Å². The molecular weight excluding hydrogens is 144 g/mol. The lowest BCUT2D eigenvalue weighted by Crippen LogP contribution is -1.79. The van der Waals surface area contributed by atoms with Crippen LogP contribution < -0.4 is 0 Å². The van der Waals surface area contributed by atoms with Gasteiger partial charge in [0, 0.05) is 0 Å². The fourth-order valence-corrected chi connectivity index (χ4v) is 1.12. The van der Waals surface area contributed by atoms with Crippen molar-refractivity contribution in [2.24, 2.45) is 0 Å². The van der Waals surface area contributed by atoms with Crippen molar-refractivity contribution >= 4 is 6.08 Å². The third-order valence-electron chi connectivity index (χ3n) is 1.72. The molecule has 0 heterocycles. The molecule has 0 amide bonds. The molecule has 12 heavy (non-hydrogen) atoms. The molecule has 1 aromatic carbocycles. The van der Waals surface area contributed by atoms with Crippen molar-refractivity contribution in [1.82, 2.24) is 0 Å². The van der Waals surface area contributed by atoms with Crippen LogP contribution in [0.3, 0.4) is 0 Å². The molecule has 0 heteroatoms. The average molecular weight is 158 g/mol. The van der Waals surface area contributed by atoms with Crippen LogP contribution in [0.25, 0.3) is 6.08 Å². The van der Waals surface area contributed by atoms with Crippen LogP contribution in [0.5, 0.6) is 0 Å². The Morgan fingerprint density at radius 2 is 1.92 bits per heavy atom. The van der Waals surface area contributed by atoms with Crippen LogP contribution >= 0.6 is 0 Å². The topological polar surface area (TPSA) is 0 Å². The standard InChI is InChI=1S/C12H14/c1-3-5-11-7-9-12(6-4-2)10-8-11/h3-4,6-10H,1,5H2,2H3/b6-4+. The zero-order valence-corrected chi connectivity index (χ0v) is 7.46. The van der Waals surface area contributed by atoms with Gasteiger partial charge in [0.2, 0.25) is 0 Å². The van der Waals surface area contributed by atoms with Gasteiger partial charge in [-0.2, -0.15) is 0 Å². The summed E-state index contributed by atoms with van der Waals surface area (Å²) in [5.74, 6) is 0. The maximum absolute atomic E-state index is 3.70. The number of allylic oxidation sites excluding steroid dienone is 2. The van der Waals surface area contributed by atoms with Crippen molar-refractivity contribution in [2.45, 2.75) is 13.3 Å². The summed E-state index contributed by atoms with van der Waals surface area (Å²) in [6.45, 7) is 5.73. The van der Waals surface area contributed by atoms with Crippen LogP contribution in [0.2, 0.25) is 0 Å². The Morgan fingerprint density at radius 1 is 1.25 bits per heavy atom. The van der Waals surface area contributed by atoms with Crippen molar-refractivity contribution < 1.29 is 0 Å². The molecule has 0 atom stereocenters. The van der Waals surface area contributed by atoms with E-state index >= 15 is 0 Å². The highest BCUT2D eigenvalue weighted by molar-refractivity contribution is 5.49.